The number of hydrogen-bond acceptors (Lipinski definition) is 3. The summed E-state index contributed by atoms with van der Waals surface area (Å²) in [4.78, 5) is 15.0. The second-order valence-electron chi connectivity index (χ2n) is 7.13. The van der Waals surface area contributed by atoms with Crippen LogP contribution in [-0.2, 0) is 14.9 Å². The molecular formula is C19H30ClNO2. The lowest BCUT2D eigenvalue weighted by Crippen LogP contribution is -2.53. The minimum absolute atomic E-state index is 0. The van der Waals surface area contributed by atoms with Crippen LogP contribution in [0.15, 0.2) is 30.3 Å². The molecule has 0 amide bonds. The van der Waals surface area contributed by atoms with Gasteiger partial charge in [-0.3, -0.25) is 4.79 Å². The Morgan fingerprint density at radius 1 is 1.13 bits per heavy atom. The fourth-order valence-corrected chi connectivity index (χ4v) is 3.75. The number of esters is 1. The molecule has 3 nitrogen and oxygen atoms in total. The van der Waals surface area contributed by atoms with E-state index in [1.54, 1.807) is 0 Å². The van der Waals surface area contributed by atoms with Crippen LogP contribution in [0.4, 0.5) is 0 Å². The summed E-state index contributed by atoms with van der Waals surface area (Å²) >= 11 is 0. The number of rotatable bonds is 7. The molecule has 1 aliphatic rings. The SMILES string of the molecule is CCN(CC)CCOC(=O)C1(c2ccccc2)CC(C)(C)C1.Cl. The van der Waals surface area contributed by atoms with Crippen LogP contribution in [-0.4, -0.2) is 37.1 Å². The molecule has 23 heavy (non-hydrogen) atoms. The average Bonchev–Trinajstić information content (AvgIpc) is 2.49. The van der Waals surface area contributed by atoms with Gasteiger partial charge in [0.2, 0.25) is 0 Å². The van der Waals surface area contributed by atoms with Gasteiger partial charge in [-0.05, 0) is 36.9 Å². The van der Waals surface area contributed by atoms with Gasteiger partial charge in [-0.25, -0.2) is 0 Å². The second-order valence-corrected chi connectivity index (χ2v) is 7.13. The Hall–Kier alpha value is -1.06. The first-order valence-corrected chi connectivity index (χ1v) is 8.38. The molecule has 0 atom stereocenters. The molecule has 1 aromatic carbocycles. The predicted molar refractivity (Wildman–Crippen MR) is 97.1 cm³/mol. The molecule has 0 spiro atoms. The smallest absolute Gasteiger partial charge is 0.316 e. The fraction of sp³-hybridized carbons (Fsp3) is 0.632. The molecule has 1 aliphatic carbocycles. The van der Waals surface area contributed by atoms with E-state index in [0.717, 1.165) is 38.0 Å². The molecule has 0 radical (unpaired) electrons. The molecule has 0 N–H and O–H groups in total. The van der Waals surface area contributed by atoms with Crippen molar-refractivity contribution >= 4 is 18.4 Å². The Kier molecular flexibility index (Phi) is 7.09. The van der Waals surface area contributed by atoms with Crippen molar-refractivity contribution < 1.29 is 9.53 Å². The number of nitrogens with zero attached hydrogens (tertiary/aromatic N) is 1. The summed E-state index contributed by atoms with van der Waals surface area (Å²) in [6.07, 6.45) is 1.74. The molecule has 0 bridgehead atoms. The number of halogens is 1. The number of benzene rings is 1. The highest BCUT2D eigenvalue weighted by Crippen LogP contribution is 2.55. The largest absolute Gasteiger partial charge is 0.464 e. The van der Waals surface area contributed by atoms with E-state index in [1.807, 2.05) is 18.2 Å². The highest BCUT2D eigenvalue weighted by Gasteiger charge is 2.56. The van der Waals surface area contributed by atoms with Gasteiger partial charge in [0.25, 0.3) is 0 Å². The standard InChI is InChI=1S/C19H29NO2.ClH/c1-5-20(6-2)12-13-22-17(21)19(14-18(3,4)15-19)16-10-8-7-9-11-16;/h7-11H,5-6,12-15H2,1-4H3;1H. The lowest BCUT2D eigenvalue weighted by molar-refractivity contribution is -0.160. The summed E-state index contributed by atoms with van der Waals surface area (Å²) in [5, 5.41) is 0. The Morgan fingerprint density at radius 2 is 1.70 bits per heavy atom. The second kappa shape index (κ2) is 8.16. The summed E-state index contributed by atoms with van der Waals surface area (Å²) < 4.78 is 5.65. The highest BCUT2D eigenvalue weighted by molar-refractivity contribution is 5.85. The zero-order valence-corrected chi connectivity index (χ0v) is 15.6. The van der Waals surface area contributed by atoms with E-state index in [-0.39, 0.29) is 23.8 Å². The maximum Gasteiger partial charge on any atom is 0.316 e. The van der Waals surface area contributed by atoms with Crippen molar-refractivity contribution in [1.29, 1.82) is 0 Å². The minimum atomic E-state index is -0.436. The van der Waals surface area contributed by atoms with E-state index in [2.05, 4.69) is 44.7 Å². The van der Waals surface area contributed by atoms with Crippen LogP contribution in [0.5, 0.6) is 0 Å². The number of likely N-dealkylation sites (N-methyl/N-ethyl adjacent to an activating group) is 1. The normalized spacial score (nSPS) is 18.0. The Balaban J connectivity index is 0.00000264. The Morgan fingerprint density at radius 3 is 2.17 bits per heavy atom. The van der Waals surface area contributed by atoms with Gasteiger partial charge in [0.05, 0.1) is 5.41 Å². The summed E-state index contributed by atoms with van der Waals surface area (Å²) in [6.45, 7) is 12.0. The van der Waals surface area contributed by atoms with Gasteiger partial charge < -0.3 is 9.64 Å². The van der Waals surface area contributed by atoms with Gasteiger partial charge in [-0.1, -0.05) is 58.0 Å². The van der Waals surface area contributed by atoms with Gasteiger partial charge >= 0.3 is 5.97 Å². The van der Waals surface area contributed by atoms with Crippen molar-refractivity contribution in [3.8, 4) is 0 Å². The van der Waals surface area contributed by atoms with Crippen molar-refractivity contribution in [2.45, 2.75) is 46.0 Å². The number of hydrogen-bond donors (Lipinski definition) is 0. The van der Waals surface area contributed by atoms with E-state index in [4.69, 9.17) is 4.74 Å². The van der Waals surface area contributed by atoms with Crippen molar-refractivity contribution in [2.24, 2.45) is 5.41 Å². The zero-order valence-electron chi connectivity index (χ0n) is 14.8. The molecule has 0 saturated heterocycles. The maximum absolute atomic E-state index is 12.8. The van der Waals surface area contributed by atoms with Gasteiger partial charge in [0.1, 0.15) is 6.61 Å². The summed E-state index contributed by atoms with van der Waals surface area (Å²) in [5.41, 5.74) is 0.879. The first kappa shape index (κ1) is 20.0. The predicted octanol–water partition coefficient (Wildman–Crippen LogP) is 4.05. The third kappa shape index (κ3) is 4.48. The van der Waals surface area contributed by atoms with Crippen LogP contribution in [0.25, 0.3) is 0 Å². The Bertz CT molecular complexity index is 489. The summed E-state index contributed by atoms with van der Waals surface area (Å²) in [7, 11) is 0. The lowest BCUT2D eigenvalue weighted by atomic mass is 9.52. The van der Waals surface area contributed by atoms with Crippen LogP contribution in [0.2, 0.25) is 0 Å². The molecule has 1 aromatic rings. The van der Waals surface area contributed by atoms with Crippen molar-refractivity contribution in [1.82, 2.24) is 4.90 Å². The average molecular weight is 340 g/mol. The Labute approximate surface area is 146 Å². The quantitative estimate of drug-likeness (QED) is 0.702. The molecule has 0 aromatic heterocycles. The molecule has 1 fully saturated rings. The first-order valence-electron chi connectivity index (χ1n) is 8.38. The van der Waals surface area contributed by atoms with E-state index < -0.39 is 5.41 Å². The van der Waals surface area contributed by atoms with Crippen LogP contribution in [0.1, 0.15) is 46.1 Å². The molecule has 2 rings (SSSR count). The monoisotopic (exact) mass is 339 g/mol. The summed E-state index contributed by atoms with van der Waals surface area (Å²) in [5.74, 6) is -0.0508. The van der Waals surface area contributed by atoms with Gasteiger partial charge in [-0.2, -0.15) is 0 Å². The molecule has 0 heterocycles. The van der Waals surface area contributed by atoms with E-state index >= 15 is 0 Å². The fourth-order valence-electron chi connectivity index (χ4n) is 3.75. The number of carbonyl (C=O) groups is 1. The first-order chi connectivity index (χ1) is 10.4. The van der Waals surface area contributed by atoms with Gasteiger partial charge in [0.15, 0.2) is 0 Å². The van der Waals surface area contributed by atoms with E-state index in [0.29, 0.717) is 6.61 Å². The maximum atomic E-state index is 12.8. The van der Waals surface area contributed by atoms with Crippen molar-refractivity contribution in [2.75, 3.05) is 26.2 Å². The van der Waals surface area contributed by atoms with Crippen LogP contribution >= 0.6 is 12.4 Å². The topological polar surface area (TPSA) is 29.5 Å². The number of ether oxygens (including phenoxy) is 1. The molecule has 1 saturated carbocycles. The molecule has 130 valence electrons. The zero-order chi connectivity index (χ0) is 16.2. The molecule has 0 unspecified atom stereocenters. The molecule has 0 aliphatic heterocycles. The summed E-state index contributed by atoms with van der Waals surface area (Å²) in [6, 6.07) is 10.1. The number of carbonyl (C=O) groups excluding carboxylic acids is 1. The minimum Gasteiger partial charge on any atom is -0.464 e. The molecule has 4 heteroatoms. The van der Waals surface area contributed by atoms with E-state index in [9.17, 15) is 4.79 Å². The van der Waals surface area contributed by atoms with Gasteiger partial charge in [0, 0.05) is 6.54 Å². The van der Waals surface area contributed by atoms with Crippen molar-refractivity contribution in [3.05, 3.63) is 35.9 Å². The van der Waals surface area contributed by atoms with Crippen LogP contribution < -0.4 is 0 Å². The van der Waals surface area contributed by atoms with Gasteiger partial charge in [-0.15, -0.1) is 12.4 Å². The third-order valence-electron chi connectivity index (χ3n) is 4.81. The lowest BCUT2D eigenvalue weighted by Gasteiger charge is -2.51. The highest BCUT2D eigenvalue weighted by atomic mass is 35.5. The molecular weight excluding hydrogens is 310 g/mol. The van der Waals surface area contributed by atoms with Crippen LogP contribution in [0.3, 0.4) is 0 Å². The third-order valence-corrected chi connectivity index (χ3v) is 4.81. The van der Waals surface area contributed by atoms with Crippen LogP contribution in [0, 0.1) is 5.41 Å². The van der Waals surface area contributed by atoms with E-state index in [1.165, 1.54) is 0 Å². The van der Waals surface area contributed by atoms with Crippen molar-refractivity contribution in [3.63, 3.8) is 0 Å².